The van der Waals surface area contributed by atoms with Crippen molar-refractivity contribution in [2.45, 2.75) is 25.0 Å². The molecule has 0 atom stereocenters. The molecule has 0 spiro atoms. The van der Waals surface area contributed by atoms with Crippen LogP contribution >= 0.6 is 11.6 Å². The summed E-state index contributed by atoms with van der Waals surface area (Å²) in [7, 11) is -3.85. The predicted octanol–water partition coefficient (Wildman–Crippen LogP) is 5.62. The molecule has 7 nitrogen and oxygen atoms in total. The highest BCUT2D eigenvalue weighted by molar-refractivity contribution is 7.92. The average molecular weight is 485 g/mol. The van der Waals surface area contributed by atoms with Crippen LogP contribution in [-0.2, 0) is 27.9 Å². The molecule has 170 valence electrons. The van der Waals surface area contributed by atoms with E-state index >= 15 is 0 Å². The van der Waals surface area contributed by atoms with Gasteiger partial charge in [-0.3, -0.25) is 4.72 Å². The van der Waals surface area contributed by atoms with E-state index in [-0.39, 0.29) is 11.5 Å². The first-order chi connectivity index (χ1) is 15.8. The maximum atomic E-state index is 12.8. The maximum absolute atomic E-state index is 12.8. The van der Waals surface area contributed by atoms with Gasteiger partial charge in [0.05, 0.1) is 10.6 Å². The van der Waals surface area contributed by atoms with Gasteiger partial charge in [-0.05, 0) is 60.5 Å². The Labute approximate surface area is 196 Å². The normalized spacial score (nSPS) is 11.3. The summed E-state index contributed by atoms with van der Waals surface area (Å²) < 4.78 is 39.2. The first-order valence-electron chi connectivity index (χ1n) is 10.1. The molecule has 4 rings (SSSR count). The van der Waals surface area contributed by atoms with E-state index in [1.807, 2.05) is 43.3 Å². The van der Waals surface area contributed by atoms with Crippen molar-refractivity contribution in [3.63, 3.8) is 0 Å². The number of carbonyl (C=O) groups excluding carboxylic acids is 1. The van der Waals surface area contributed by atoms with Gasteiger partial charge in [0.1, 0.15) is 5.76 Å². The number of amides is 1. The largest absolute Gasteiger partial charge is 0.455 e. The Hall–Kier alpha value is -3.49. The summed E-state index contributed by atoms with van der Waals surface area (Å²) in [5, 5.41) is 3.80. The van der Waals surface area contributed by atoms with Gasteiger partial charge in [0.25, 0.3) is 10.0 Å². The van der Waals surface area contributed by atoms with Gasteiger partial charge in [0.15, 0.2) is 12.2 Å². The molecule has 9 heteroatoms. The number of hydrogen-bond donors (Lipinski definition) is 2. The number of nitrogens with one attached hydrogen (secondary N) is 2. The average Bonchev–Trinajstić information content (AvgIpc) is 3.20. The van der Waals surface area contributed by atoms with Crippen molar-refractivity contribution in [1.29, 1.82) is 0 Å². The molecule has 4 aromatic rings. The predicted molar refractivity (Wildman–Crippen MR) is 127 cm³/mol. The van der Waals surface area contributed by atoms with Gasteiger partial charge in [-0.2, -0.15) is 0 Å². The number of alkyl carbamates (subject to hydrolysis) is 1. The highest BCUT2D eigenvalue weighted by atomic mass is 35.5. The molecule has 0 unspecified atom stereocenters. The van der Waals surface area contributed by atoms with Crippen molar-refractivity contribution in [1.82, 2.24) is 5.32 Å². The van der Waals surface area contributed by atoms with E-state index < -0.39 is 16.1 Å². The van der Waals surface area contributed by atoms with E-state index in [1.54, 1.807) is 12.1 Å². The third kappa shape index (κ3) is 5.66. The highest BCUT2D eigenvalue weighted by Crippen LogP contribution is 2.31. The standard InChI is InChI=1S/C24H21ClN2O5S/c1-16-11-18-13-20(15-31-24(28)26-14-17-5-3-2-4-6-17)32-23(18)22(12-16)27-33(29,30)21-9-7-19(25)8-10-21/h2-13,27H,14-15H2,1H3,(H,26,28). The fourth-order valence-electron chi connectivity index (χ4n) is 3.28. The highest BCUT2D eigenvalue weighted by Gasteiger charge is 2.18. The summed E-state index contributed by atoms with van der Waals surface area (Å²) in [5.74, 6) is 0.386. The van der Waals surface area contributed by atoms with Crippen LogP contribution in [0.4, 0.5) is 10.5 Å². The zero-order valence-corrected chi connectivity index (χ0v) is 19.2. The van der Waals surface area contributed by atoms with E-state index in [9.17, 15) is 13.2 Å². The molecule has 1 heterocycles. The van der Waals surface area contributed by atoms with Crippen molar-refractivity contribution >= 4 is 44.4 Å². The van der Waals surface area contributed by atoms with E-state index in [0.29, 0.717) is 34.0 Å². The second-order valence-electron chi connectivity index (χ2n) is 7.42. The summed E-state index contributed by atoms with van der Waals surface area (Å²) >= 11 is 5.86. The Morgan fingerprint density at radius 3 is 2.48 bits per heavy atom. The maximum Gasteiger partial charge on any atom is 0.407 e. The molecule has 2 N–H and O–H groups in total. The number of furan rings is 1. The fourth-order valence-corrected chi connectivity index (χ4v) is 4.46. The minimum atomic E-state index is -3.85. The number of aryl methyl sites for hydroxylation is 1. The third-order valence-electron chi connectivity index (χ3n) is 4.81. The number of hydrogen-bond acceptors (Lipinski definition) is 5. The van der Waals surface area contributed by atoms with Gasteiger partial charge in [0, 0.05) is 17.0 Å². The lowest BCUT2D eigenvalue weighted by molar-refractivity contribution is 0.131. The summed E-state index contributed by atoms with van der Waals surface area (Å²) in [6.07, 6.45) is -0.584. The van der Waals surface area contributed by atoms with Crippen molar-refractivity contribution < 1.29 is 22.4 Å². The molecule has 1 aromatic heterocycles. The monoisotopic (exact) mass is 484 g/mol. The zero-order valence-electron chi connectivity index (χ0n) is 17.7. The first kappa shape index (κ1) is 22.7. The molecule has 0 saturated carbocycles. The Morgan fingerprint density at radius 1 is 1.03 bits per heavy atom. The molecule has 33 heavy (non-hydrogen) atoms. The topological polar surface area (TPSA) is 97.6 Å². The zero-order chi connectivity index (χ0) is 23.4. The van der Waals surface area contributed by atoms with Crippen molar-refractivity contribution in [3.8, 4) is 0 Å². The van der Waals surface area contributed by atoms with Crippen LogP contribution < -0.4 is 10.0 Å². The second kappa shape index (κ2) is 9.56. The molecule has 1 amide bonds. The first-order valence-corrected chi connectivity index (χ1v) is 11.9. The van der Waals surface area contributed by atoms with Gasteiger partial charge in [-0.15, -0.1) is 0 Å². The molecule has 0 aliphatic heterocycles. The number of rotatable bonds is 7. The van der Waals surface area contributed by atoms with Crippen molar-refractivity contribution in [2.24, 2.45) is 0 Å². The molecule has 0 radical (unpaired) electrons. The lowest BCUT2D eigenvalue weighted by Gasteiger charge is -2.09. The Morgan fingerprint density at radius 2 is 1.76 bits per heavy atom. The Bertz CT molecular complexity index is 1380. The van der Waals surface area contributed by atoms with Gasteiger partial charge in [-0.1, -0.05) is 41.9 Å². The van der Waals surface area contributed by atoms with Gasteiger partial charge in [-0.25, -0.2) is 13.2 Å². The van der Waals surface area contributed by atoms with Crippen LogP contribution in [0, 0.1) is 6.92 Å². The van der Waals surface area contributed by atoms with Crippen LogP contribution in [0.15, 0.2) is 82.1 Å². The van der Waals surface area contributed by atoms with Crippen molar-refractivity contribution in [2.75, 3.05) is 4.72 Å². The lowest BCUT2D eigenvalue weighted by Crippen LogP contribution is -2.23. The van der Waals surface area contributed by atoms with Crippen LogP contribution in [0.25, 0.3) is 11.0 Å². The summed E-state index contributed by atoms with van der Waals surface area (Å²) in [6, 6.07) is 20.6. The van der Waals surface area contributed by atoms with Crippen LogP contribution in [0.3, 0.4) is 0 Å². The molecule has 0 aliphatic carbocycles. The quantitative estimate of drug-likeness (QED) is 0.354. The van der Waals surface area contributed by atoms with Crippen LogP contribution in [-0.4, -0.2) is 14.5 Å². The van der Waals surface area contributed by atoms with E-state index in [2.05, 4.69) is 10.0 Å². The number of anilines is 1. The van der Waals surface area contributed by atoms with Crippen molar-refractivity contribution in [3.05, 3.63) is 94.7 Å². The minimum Gasteiger partial charge on any atom is -0.455 e. The molecule has 0 aliphatic rings. The molecule has 0 fully saturated rings. The van der Waals surface area contributed by atoms with Gasteiger partial charge in [0.2, 0.25) is 0 Å². The lowest BCUT2D eigenvalue weighted by atomic mass is 10.1. The number of benzene rings is 3. The number of halogens is 1. The van der Waals surface area contributed by atoms with Crippen LogP contribution in [0.1, 0.15) is 16.9 Å². The molecule has 0 saturated heterocycles. The summed E-state index contributed by atoms with van der Waals surface area (Å²) in [5.41, 5.74) is 2.43. The molecule has 0 bridgehead atoms. The number of fused-ring (bicyclic) bond motifs is 1. The summed E-state index contributed by atoms with van der Waals surface area (Å²) in [6.45, 7) is 2.09. The Balaban J connectivity index is 1.48. The van der Waals surface area contributed by atoms with Crippen LogP contribution in [0.5, 0.6) is 0 Å². The second-order valence-corrected chi connectivity index (χ2v) is 9.54. The van der Waals surface area contributed by atoms with Gasteiger partial charge >= 0.3 is 6.09 Å². The van der Waals surface area contributed by atoms with E-state index in [4.69, 9.17) is 20.8 Å². The van der Waals surface area contributed by atoms with Crippen LogP contribution in [0.2, 0.25) is 5.02 Å². The fraction of sp³-hybridized carbons (Fsp3) is 0.125. The Kier molecular flexibility index (Phi) is 6.57. The smallest absolute Gasteiger partial charge is 0.407 e. The SMILES string of the molecule is Cc1cc(NS(=O)(=O)c2ccc(Cl)cc2)c2oc(COC(=O)NCc3ccccc3)cc2c1. The van der Waals surface area contributed by atoms with Gasteiger partial charge < -0.3 is 14.5 Å². The minimum absolute atomic E-state index is 0.0757. The number of carbonyl (C=O) groups is 1. The molecular weight excluding hydrogens is 464 g/mol. The molecule has 3 aromatic carbocycles. The summed E-state index contributed by atoms with van der Waals surface area (Å²) in [4.78, 5) is 12.1. The van der Waals surface area contributed by atoms with E-state index in [1.165, 1.54) is 24.3 Å². The third-order valence-corrected chi connectivity index (χ3v) is 6.44. The number of ether oxygens (including phenoxy) is 1. The number of sulfonamides is 1. The molecular formula is C24H21ClN2O5S. The van der Waals surface area contributed by atoms with E-state index in [0.717, 1.165) is 11.1 Å².